The van der Waals surface area contributed by atoms with E-state index in [1.165, 1.54) is 0 Å². The van der Waals surface area contributed by atoms with Crippen molar-refractivity contribution in [3.05, 3.63) is 35.4 Å². The van der Waals surface area contributed by atoms with Gasteiger partial charge in [-0.25, -0.2) is 0 Å². The first-order chi connectivity index (χ1) is 7.18. The van der Waals surface area contributed by atoms with Crippen LogP contribution in [0, 0.1) is 0 Å². The van der Waals surface area contributed by atoms with Crippen LogP contribution in [0.25, 0.3) is 0 Å². The average molecular weight is 242 g/mol. The Kier molecular flexibility index (Phi) is 4.47. The fraction of sp³-hybridized carbons (Fsp3) is 0.417. The minimum absolute atomic E-state index is 0. The Morgan fingerprint density at radius 2 is 2.06 bits per heavy atom. The maximum absolute atomic E-state index is 12.0. The molecule has 0 aliphatic carbocycles. The van der Waals surface area contributed by atoms with Crippen molar-refractivity contribution < 1.29 is 9.53 Å². The molecule has 0 aromatic heterocycles. The molecule has 1 atom stereocenters. The monoisotopic (exact) mass is 241 g/mol. The molecule has 0 radical (unpaired) electrons. The number of ether oxygens (including phenoxy) is 1. The summed E-state index contributed by atoms with van der Waals surface area (Å²) in [7, 11) is 3.88. The topological polar surface area (TPSA) is 29.5 Å². The quantitative estimate of drug-likeness (QED) is 0.790. The molecule has 1 unspecified atom stereocenters. The van der Waals surface area contributed by atoms with E-state index in [-0.39, 0.29) is 24.3 Å². The van der Waals surface area contributed by atoms with Gasteiger partial charge in [-0.05, 0) is 19.7 Å². The molecule has 0 N–H and O–H groups in total. The molecule has 0 saturated carbocycles. The van der Waals surface area contributed by atoms with E-state index < -0.39 is 0 Å². The zero-order valence-electron chi connectivity index (χ0n) is 9.47. The minimum atomic E-state index is -0.310. The van der Waals surface area contributed by atoms with Gasteiger partial charge in [-0.15, -0.1) is 12.4 Å². The summed E-state index contributed by atoms with van der Waals surface area (Å²) in [5, 5.41) is 0. The molecule has 4 heteroatoms. The molecule has 1 heterocycles. The van der Waals surface area contributed by atoms with Gasteiger partial charge in [-0.2, -0.15) is 0 Å². The first kappa shape index (κ1) is 13.2. The van der Waals surface area contributed by atoms with E-state index in [1.54, 1.807) is 0 Å². The van der Waals surface area contributed by atoms with Gasteiger partial charge in [0.15, 0.2) is 5.78 Å². The van der Waals surface area contributed by atoms with Crippen LogP contribution < -0.4 is 0 Å². The van der Waals surface area contributed by atoms with Crippen molar-refractivity contribution in [3.63, 3.8) is 0 Å². The van der Waals surface area contributed by atoms with E-state index >= 15 is 0 Å². The lowest BCUT2D eigenvalue weighted by Gasteiger charge is -2.26. The zero-order valence-corrected chi connectivity index (χ0v) is 10.3. The van der Waals surface area contributed by atoms with Crippen molar-refractivity contribution in [1.82, 2.24) is 4.90 Å². The number of benzene rings is 1. The number of ketones is 1. The molecule has 88 valence electrons. The van der Waals surface area contributed by atoms with Gasteiger partial charge in [0, 0.05) is 12.1 Å². The second-order valence-corrected chi connectivity index (χ2v) is 4.08. The molecule has 3 nitrogen and oxygen atoms in total. The highest BCUT2D eigenvalue weighted by Crippen LogP contribution is 2.20. The molecule has 16 heavy (non-hydrogen) atoms. The predicted molar refractivity (Wildman–Crippen MR) is 65.2 cm³/mol. The van der Waals surface area contributed by atoms with Gasteiger partial charge in [-0.3, -0.25) is 4.79 Å². The molecule has 1 aromatic carbocycles. The van der Waals surface area contributed by atoms with Gasteiger partial charge < -0.3 is 9.64 Å². The summed E-state index contributed by atoms with van der Waals surface area (Å²) < 4.78 is 5.54. The Labute approximate surface area is 102 Å². The number of hydrogen-bond donors (Lipinski definition) is 0. The van der Waals surface area contributed by atoms with Crippen LogP contribution in [0.1, 0.15) is 15.9 Å². The third-order valence-electron chi connectivity index (χ3n) is 2.55. The summed E-state index contributed by atoms with van der Waals surface area (Å²) in [6, 6.07) is 7.65. The summed E-state index contributed by atoms with van der Waals surface area (Å²) in [5.74, 6) is 0.102. The standard InChI is InChI=1S/C12H15NO2.ClH/c1-13(2)7-11-12(14)10-6-4-3-5-9(10)8-15-11;/h3-6,11H,7-8H2,1-2H3;1H. The van der Waals surface area contributed by atoms with Gasteiger partial charge in [0.2, 0.25) is 0 Å². The first-order valence-corrected chi connectivity index (χ1v) is 5.07. The Hall–Kier alpha value is -0.900. The number of halogens is 1. The number of carbonyl (C=O) groups is 1. The van der Waals surface area contributed by atoms with Crippen LogP contribution in [0.5, 0.6) is 0 Å². The van der Waals surface area contributed by atoms with Crippen molar-refractivity contribution in [2.24, 2.45) is 0 Å². The van der Waals surface area contributed by atoms with Crippen molar-refractivity contribution in [3.8, 4) is 0 Å². The summed E-state index contributed by atoms with van der Waals surface area (Å²) >= 11 is 0. The Bertz CT molecular complexity index is 379. The van der Waals surface area contributed by atoms with Crippen LogP contribution in [0.4, 0.5) is 0 Å². The normalized spacial score (nSPS) is 19.2. The number of nitrogens with zero attached hydrogens (tertiary/aromatic N) is 1. The fourth-order valence-corrected chi connectivity index (χ4v) is 1.79. The molecule has 0 bridgehead atoms. The number of rotatable bonds is 2. The highest BCUT2D eigenvalue weighted by atomic mass is 35.5. The summed E-state index contributed by atoms with van der Waals surface area (Å²) in [6.07, 6.45) is -0.310. The average Bonchev–Trinajstić information content (AvgIpc) is 2.22. The highest BCUT2D eigenvalue weighted by molar-refractivity contribution is 6.01. The van der Waals surface area contributed by atoms with E-state index in [9.17, 15) is 4.79 Å². The molecule has 0 spiro atoms. The molecule has 0 amide bonds. The van der Waals surface area contributed by atoms with Gasteiger partial charge in [-0.1, -0.05) is 24.3 Å². The van der Waals surface area contributed by atoms with Crippen LogP contribution in [-0.2, 0) is 11.3 Å². The second-order valence-electron chi connectivity index (χ2n) is 4.08. The maximum Gasteiger partial charge on any atom is 0.193 e. The summed E-state index contributed by atoms with van der Waals surface area (Å²) in [5.41, 5.74) is 1.81. The van der Waals surface area contributed by atoms with Crippen LogP contribution in [0.15, 0.2) is 24.3 Å². The molecule has 1 aliphatic heterocycles. The summed E-state index contributed by atoms with van der Waals surface area (Å²) in [6.45, 7) is 1.19. The number of carbonyl (C=O) groups excluding carboxylic acids is 1. The molecule has 1 aromatic rings. The highest BCUT2D eigenvalue weighted by Gasteiger charge is 2.27. The molecular formula is C12H16ClNO2. The Morgan fingerprint density at radius 3 is 2.75 bits per heavy atom. The minimum Gasteiger partial charge on any atom is -0.364 e. The first-order valence-electron chi connectivity index (χ1n) is 5.07. The second kappa shape index (κ2) is 5.43. The van der Waals surface area contributed by atoms with Crippen LogP contribution in [0.3, 0.4) is 0 Å². The molecule has 1 aliphatic rings. The van der Waals surface area contributed by atoms with Gasteiger partial charge in [0.25, 0.3) is 0 Å². The Morgan fingerprint density at radius 1 is 1.38 bits per heavy atom. The zero-order chi connectivity index (χ0) is 10.8. The van der Waals surface area contributed by atoms with Gasteiger partial charge in [0.1, 0.15) is 6.10 Å². The molecular weight excluding hydrogens is 226 g/mol. The van der Waals surface area contributed by atoms with Crippen molar-refractivity contribution >= 4 is 18.2 Å². The smallest absolute Gasteiger partial charge is 0.193 e. The van der Waals surface area contributed by atoms with Gasteiger partial charge in [0.05, 0.1) is 6.61 Å². The lowest BCUT2D eigenvalue weighted by molar-refractivity contribution is 0.0166. The van der Waals surface area contributed by atoms with E-state index in [2.05, 4.69) is 0 Å². The third-order valence-corrected chi connectivity index (χ3v) is 2.55. The van der Waals surface area contributed by atoms with Crippen LogP contribution in [0.2, 0.25) is 0 Å². The van der Waals surface area contributed by atoms with Crippen LogP contribution in [-0.4, -0.2) is 37.4 Å². The SMILES string of the molecule is CN(C)CC1OCc2ccccc2C1=O.Cl. The number of fused-ring (bicyclic) bond motifs is 1. The number of likely N-dealkylation sites (N-methyl/N-ethyl adjacent to an activating group) is 1. The summed E-state index contributed by atoms with van der Waals surface area (Å²) in [4.78, 5) is 14.0. The lowest BCUT2D eigenvalue weighted by Crippen LogP contribution is -2.38. The van der Waals surface area contributed by atoms with E-state index in [0.717, 1.165) is 11.1 Å². The lowest BCUT2D eigenvalue weighted by atomic mass is 9.98. The van der Waals surface area contributed by atoms with Crippen molar-refractivity contribution in [1.29, 1.82) is 0 Å². The van der Waals surface area contributed by atoms with E-state index in [0.29, 0.717) is 13.2 Å². The predicted octanol–water partition coefficient (Wildman–Crippen LogP) is 1.75. The van der Waals surface area contributed by atoms with Crippen molar-refractivity contribution in [2.75, 3.05) is 20.6 Å². The molecule has 0 saturated heterocycles. The fourth-order valence-electron chi connectivity index (χ4n) is 1.79. The Balaban J connectivity index is 0.00000128. The molecule has 2 rings (SSSR count). The van der Waals surface area contributed by atoms with Crippen molar-refractivity contribution in [2.45, 2.75) is 12.7 Å². The van der Waals surface area contributed by atoms with E-state index in [1.807, 2.05) is 43.3 Å². The van der Waals surface area contributed by atoms with Crippen LogP contribution >= 0.6 is 12.4 Å². The van der Waals surface area contributed by atoms with Gasteiger partial charge >= 0.3 is 0 Å². The number of Topliss-reactive ketones (excluding diaryl/α,β-unsaturated/α-hetero) is 1. The molecule has 0 fully saturated rings. The third kappa shape index (κ3) is 2.61. The maximum atomic E-state index is 12.0. The van der Waals surface area contributed by atoms with E-state index in [4.69, 9.17) is 4.74 Å². The largest absolute Gasteiger partial charge is 0.364 e. The number of hydrogen-bond acceptors (Lipinski definition) is 3.